The van der Waals surface area contributed by atoms with Gasteiger partial charge in [-0.3, -0.25) is 4.79 Å². The van der Waals surface area contributed by atoms with Crippen molar-refractivity contribution in [2.75, 3.05) is 6.61 Å². The van der Waals surface area contributed by atoms with Crippen LogP contribution in [0, 0.1) is 5.92 Å². The van der Waals surface area contributed by atoms with E-state index < -0.39 is 0 Å². The fourth-order valence-corrected chi connectivity index (χ4v) is 2.38. The van der Waals surface area contributed by atoms with Crippen LogP contribution in [0.5, 0.6) is 0 Å². The van der Waals surface area contributed by atoms with E-state index in [1.165, 1.54) is 0 Å². The number of carbonyl (C=O) groups excluding carboxylic acids is 1. The summed E-state index contributed by atoms with van der Waals surface area (Å²) in [7, 11) is 1.92. The average molecular weight is 275 g/mol. The van der Waals surface area contributed by atoms with Crippen molar-refractivity contribution in [3.05, 3.63) is 24.2 Å². The fraction of sp³-hybridized carbons (Fsp3) is 0.533. The first-order chi connectivity index (χ1) is 9.54. The highest BCUT2D eigenvalue weighted by Gasteiger charge is 2.28. The molecule has 2 aromatic rings. The zero-order valence-electron chi connectivity index (χ0n) is 12.5. The summed E-state index contributed by atoms with van der Waals surface area (Å²) >= 11 is 0. The molecule has 0 amide bonds. The van der Waals surface area contributed by atoms with Crippen molar-refractivity contribution in [3.63, 3.8) is 0 Å². The lowest BCUT2D eigenvalue weighted by Crippen LogP contribution is -2.21. The van der Waals surface area contributed by atoms with Gasteiger partial charge in [-0.15, -0.1) is 0 Å². The van der Waals surface area contributed by atoms with E-state index in [1.807, 2.05) is 30.7 Å². The predicted octanol–water partition coefficient (Wildman–Crippen LogP) is 2.66. The van der Waals surface area contributed by atoms with Gasteiger partial charge in [-0.25, -0.2) is 9.97 Å². The van der Waals surface area contributed by atoms with Crippen molar-refractivity contribution in [3.8, 4) is 0 Å². The lowest BCUT2D eigenvalue weighted by molar-refractivity contribution is -0.145. The van der Waals surface area contributed by atoms with Crippen molar-refractivity contribution in [1.82, 2.24) is 14.5 Å². The Kier molecular flexibility index (Phi) is 4.37. The van der Waals surface area contributed by atoms with Gasteiger partial charge in [0.2, 0.25) is 0 Å². The highest BCUT2D eigenvalue weighted by Crippen LogP contribution is 2.26. The minimum absolute atomic E-state index is 0.209. The molecule has 0 radical (unpaired) electrons. The number of nitrogens with zero attached hydrogens (tertiary/aromatic N) is 3. The Morgan fingerprint density at radius 2 is 2.20 bits per heavy atom. The number of hydrogen-bond acceptors (Lipinski definition) is 4. The molecule has 5 nitrogen and oxygen atoms in total. The molecule has 1 unspecified atom stereocenters. The Morgan fingerprint density at radius 3 is 2.80 bits per heavy atom. The summed E-state index contributed by atoms with van der Waals surface area (Å²) in [5, 5.41) is 0. The Bertz CT molecular complexity index is 604. The SMILES string of the molecule is CCOC(=O)C(CC(C)C)c1nc2ncccc2n1C. The van der Waals surface area contributed by atoms with E-state index in [0.29, 0.717) is 18.2 Å². The maximum Gasteiger partial charge on any atom is 0.316 e. The van der Waals surface area contributed by atoms with Gasteiger partial charge in [0.15, 0.2) is 5.65 Å². The Morgan fingerprint density at radius 1 is 1.45 bits per heavy atom. The van der Waals surface area contributed by atoms with Crippen LogP contribution in [0.3, 0.4) is 0 Å². The molecule has 0 aromatic carbocycles. The van der Waals surface area contributed by atoms with Crippen LogP contribution in [-0.4, -0.2) is 27.1 Å². The minimum atomic E-state index is -0.339. The molecule has 2 aromatic heterocycles. The third-order valence-electron chi connectivity index (χ3n) is 3.28. The van der Waals surface area contributed by atoms with Crippen LogP contribution in [0.2, 0.25) is 0 Å². The van der Waals surface area contributed by atoms with Gasteiger partial charge in [0, 0.05) is 13.2 Å². The van der Waals surface area contributed by atoms with Crippen molar-refractivity contribution >= 4 is 17.1 Å². The van der Waals surface area contributed by atoms with Crippen molar-refractivity contribution in [2.24, 2.45) is 13.0 Å². The standard InChI is InChI=1S/C15H21N3O2/c1-5-20-15(19)11(9-10(2)3)14-17-13-12(18(14)4)7-6-8-16-13/h6-8,10-11H,5,9H2,1-4H3. The zero-order chi connectivity index (χ0) is 14.7. The Balaban J connectivity index is 2.44. The van der Waals surface area contributed by atoms with Gasteiger partial charge in [-0.1, -0.05) is 13.8 Å². The quantitative estimate of drug-likeness (QED) is 0.787. The molecule has 0 aliphatic heterocycles. The lowest BCUT2D eigenvalue weighted by atomic mass is 9.96. The summed E-state index contributed by atoms with van der Waals surface area (Å²) in [6, 6.07) is 3.83. The number of aryl methyl sites for hydroxylation is 1. The number of rotatable bonds is 5. The lowest BCUT2D eigenvalue weighted by Gasteiger charge is -2.17. The molecule has 108 valence electrons. The summed E-state index contributed by atoms with van der Waals surface area (Å²) in [6.45, 7) is 6.39. The number of ether oxygens (including phenoxy) is 1. The molecule has 0 spiro atoms. The van der Waals surface area contributed by atoms with Gasteiger partial charge in [-0.05, 0) is 31.4 Å². The molecule has 0 fully saturated rings. The second-order valence-corrected chi connectivity index (χ2v) is 5.31. The maximum absolute atomic E-state index is 12.2. The molecule has 2 rings (SSSR count). The van der Waals surface area contributed by atoms with Crippen LogP contribution >= 0.6 is 0 Å². The number of hydrogen-bond donors (Lipinski definition) is 0. The molecule has 2 heterocycles. The van der Waals surface area contributed by atoms with Crippen molar-refractivity contribution in [1.29, 1.82) is 0 Å². The molecule has 0 N–H and O–H groups in total. The number of aromatic nitrogens is 3. The van der Waals surface area contributed by atoms with E-state index in [4.69, 9.17) is 4.74 Å². The second kappa shape index (κ2) is 6.03. The van der Waals surface area contributed by atoms with E-state index >= 15 is 0 Å². The summed E-state index contributed by atoms with van der Waals surface area (Å²) in [6.07, 6.45) is 2.43. The number of carbonyl (C=O) groups is 1. The van der Waals surface area contributed by atoms with Crippen molar-refractivity contribution in [2.45, 2.75) is 33.1 Å². The van der Waals surface area contributed by atoms with Crippen LogP contribution in [0.4, 0.5) is 0 Å². The molecule has 0 aliphatic carbocycles. The summed E-state index contributed by atoms with van der Waals surface area (Å²) in [4.78, 5) is 21.0. The molecule has 0 saturated carbocycles. The van der Waals surface area contributed by atoms with E-state index in [-0.39, 0.29) is 11.9 Å². The maximum atomic E-state index is 12.2. The second-order valence-electron chi connectivity index (χ2n) is 5.31. The zero-order valence-corrected chi connectivity index (χ0v) is 12.5. The average Bonchev–Trinajstić information content (AvgIpc) is 2.74. The van der Waals surface area contributed by atoms with Crippen LogP contribution in [0.1, 0.15) is 38.9 Å². The summed E-state index contributed by atoms with van der Waals surface area (Å²) in [5.74, 6) is 0.566. The summed E-state index contributed by atoms with van der Waals surface area (Å²) < 4.78 is 7.13. The minimum Gasteiger partial charge on any atom is -0.465 e. The largest absolute Gasteiger partial charge is 0.465 e. The molecular weight excluding hydrogens is 254 g/mol. The first kappa shape index (κ1) is 14.5. The Hall–Kier alpha value is -1.91. The van der Waals surface area contributed by atoms with Crippen molar-refractivity contribution < 1.29 is 9.53 Å². The Labute approximate surface area is 119 Å². The topological polar surface area (TPSA) is 57.0 Å². The number of pyridine rings is 1. The van der Waals surface area contributed by atoms with Crippen LogP contribution in [0.25, 0.3) is 11.2 Å². The van der Waals surface area contributed by atoms with Gasteiger partial charge in [0.25, 0.3) is 0 Å². The third kappa shape index (κ3) is 2.81. The van der Waals surface area contributed by atoms with Gasteiger partial charge in [0.05, 0.1) is 12.1 Å². The van der Waals surface area contributed by atoms with E-state index in [0.717, 1.165) is 17.8 Å². The molecule has 0 saturated heterocycles. The van der Waals surface area contributed by atoms with Crippen LogP contribution in [0.15, 0.2) is 18.3 Å². The molecule has 5 heteroatoms. The highest BCUT2D eigenvalue weighted by molar-refractivity contribution is 5.79. The fourth-order valence-electron chi connectivity index (χ4n) is 2.38. The van der Waals surface area contributed by atoms with Gasteiger partial charge >= 0.3 is 5.97 Å². The number of imidazole rings is 1. The van der Waals surface area contributed by atoms with E-state index in [1.54, 1.807) is 6.20 Å². The molecular formula is C15H21N3O2. The number of esters is 1. The normalized spacial score (nSPS) is 12.8. The monoisotopic (exact) mass is 275 g/mol. The van der Waals surface area contributed by atoms with E-state index in [2.05, 4.69) is 23.8 Å². The van der Waals surface area contributed by atoms with Gasteiger partial charge < -0.3 is 9.30 Å². The molecule has 20 heavy (non-hydrogen) atoms. The summed E-state index contributed by atoms with van der Waals surface area (Å²) in [5.41, 5.74) is 1.60. The molecule has 0 aliphatic rings. The van der Waals surface area contributed by atoms with Crippen LogP contribution < -0.4 is 0 Å². The highest BCUT2D eigenvalue weighted by atomic mass is 16.5. The van der Waals surface area contributed by atoms with Gasteiger partial charge in [0.1, 0.15) is 11.7 Å². The predicted molar refractivity (Wildman–Crippen MR) is 77.3 cm³/mol. The number of fused-ring (bicyclic) bond motifs is 1. The van der Waals surface area contributed by atoms with Crippen LogP contribution in [-0.2, 0) is 16.6 Å². The molecule has 1 atom stereocenters. The molecule has 0 bridgehead atoms. The third-order valence-corrected chi connectivity index (χ3v) is 3.28. The van der Waals surface area contributed by atoms with Gasteiger partial charge in [-0.2, -0.15) is 0 Å². The van der Waals surface area contributed by atoms with E-state index in [9.17, 15) is 4.79 Å². The smallest absolute Gasteiger partial charge is 0.316 e. The first-order valence-electron chi connectivity index (χ1n) is 6.98. The first-order valence-corrected chi connectivity index (χ1v) is 6.98.